The van der Waals surface area contributed by atoms with Crippen LogP contribution in [0, 0.1) is 0 Å². The molecular formula is C24H36N3O3P. The fraction of sp³-hybridized carbons (Fsp3) is 0.250. The summed E-state index contributed by atoms with van der Waals surface area (Å²) in [5, 5.41) is 0. The molecule has 0 bridgehead atoms. The summed E-state index contributed by atoms with van der Waals surface area (Å²) in [7, 11) is -3.37. The first-order chi connectivity index (χ1) is 14.8. The van der Waals surface area contributed by atoms with Crippen LogP contribution in [0.3, 0.4) is 0 Å². The predicted octanol–water partition coefficient (Wildman–Crippen LogP) is 0.661. The Bertz CT molecular complexity index is 750. The molecule has 3 rings (SSSR count). The first-order valence-corrected chi connectivity index (χ1v) is 11.4. The molecule has 9 N–H and O–H groups in total. The van der Waals surface area contributed by atoms with Crippen molar-refractivity contribution < 1.29 is 31.9 Å². The monoisotopic (exact) mass is 445 g/mol. The van der Waals surface area contributed by atoms with Crippen LogP contribution in [0.4, 0.5) is 17.1 Å². The summed E-state index contributed by atoms with van der Waals surface area (Å²) in [6.07, 6.45) is 3.25. The van der Waals surface area contributed by atoms with Crippen molar-refractivity contribution in [2.24, 2.45) is 0 Å². The Hall–Kier alpha value is -2.15. The summed E-state index contributed by atoms with van der Waals surface area (Å²) in [5.41, 5.74) is 19.2. The highest BCUT2D eigenvalue weighted by Crippen LogP contribution is 2.09. The lowest BCUT2D eigenvalue weighted by atomic mass is 10.1. The number of benzene rings is 3. The van der Waals surface area contributed by atoms with Gasteiger partial charge in [0, 0.05) is 16.7 Å². The van der Waals surface area contributed by atoms with Gasteiger partial charge in [-0.05, 0) is 37.5 Å². The van der Waals surface area contributed by atoms with Crippen LogP contribution in [0.15, 0.2) is 72.8 Å². The van der Waals surface area contributed by atoms with Crippen molar-refractivity contribution in [2.45, 2.75) is 40.0 Å². The fourth-order valence-corrected chi connectivity index (χ4v) is 2.71. The van der Waals surface area contributed by atoms with Gasteiger partial charge >= 0.3 is 0 Å². The van der Waals surface area contributed by atoms with E-state index in [1.807, 2.05) is 54.6 Å². The van der Waals surface area contributed by atoms with Crippen LogP contribution >= 0.6 is 8.60 Å². The Labute approximate surface area is 187 Å². The molecule has 0 aromatic heterocycles. The van der Waals surface area contributed by atoms with Gasteiger partial charge in [-0.15, -0.1) is 0 Å². The first kappa shape index (κ1) is 28.9. The normalized spacial score (nSPS) is 9.48. The molecule has 0 saturated heterocycles. The van der Waals surface area contributed by atoms with Crippen LogP contribution in [-0.2, 0) is 19.3 Å². The number of quaternary nitrogens is 3. The van der Waals surface area contributed by atoms with Gasteiger partial charge in [0.1, 0.15) is 17.1 Å². The number of rotatable bonds is 3. The molecule has 0 aliphatic carbocycles. The van der Waals surface area contributed by atoms with E-state index in [9.17, 15) is 0 Å². The summed E-state index contributed by atoms with van der Waals surface area (Å²) in [5.74, 6) is 0. The topological polar surface area (TPSA) is 152 Å². The minimum absolute atomic E-state index is 1.08. The summed E-state index contributed by atoms with van der Waals surface area (Å²) in [4.78, 5) is 25.4. The van der Waals surface area contributed by atoms with Gasteiger partial charge in [0.25, 0.3) is 0 Å². The van der Waals surface area contributed by atoms with E-state index in [0.29, 0.717) is 0 Å². The standard InChI is InChI=1S/3C8H11N.O3P/c3*1-2-7-5-3-4-6-8(7)9;1-4(2)3/h3*3-6H,2,9H2,1H3;/q;;;-3/p+3. The van der Waals surface area contributed by atoms with Gasteiger partial charge in [-0.2, -0.15) is 0 Å². The van der Waals surface area contributed by atoms with Crippen molar-refractivity contribution in [2.75, 3.05) is 0 Å². The smallest absolute Gasteiger partial charge is 0.131 e. The average Bonchev–Trinajstić information content (AvgIpc) is 2.75. The lowest BCUT2D eigenvalue weighted by molar-refractivity contribution is -0.407. The summed E-state index contributed by atoms with van der Waals surface area (Å²) in [6, 6.07) is 24.7. The van der Waals surface area contributed by atoms with Gasteiger partial charge in [0.15, 0.2) is 0 Å². The quantitative estimate of drug-likeness (QED) is 0.508. The Morgan fingerprint density at radius 1 is 0.516 bits per heavy atom. The Morgan fingerprint density at radius 2 is 0.710 bits per heavy atom. The zero-order valence-electron chi connectivity index (χ0n) is 18.8. The Morgan fingerprint density at radius 3 is 0.839 bits per heavy atom. The molecule has 0 unspecified atom stereocenters. The van der Waals surface area contributed by atoms with E-state index in [1.165, 1.54) is 16.7 Å². The second-order valence-electron chi connectivity index (χ2n) is 6.59. The van der Waals surface area contributed by atoms with Crippen LogP contribution < -0.4 is 31.9 Å². The molecule has 0 radical (unpaired) electrons. The van der Waals surface area contributed by atoms with Crippen molar-refractivity contribution in [3.05, 3.63) is 89.5 Å². The molecule has 3 aromatic rings. The lowest BCUT2D eigenvalue weighted by Crippen LogP contribution is -2.41. The number of hydrogen-bond acceptors (Lipinski definition) is 3. The molecule has 0 aliphatic rings. The summed E-state index contributed by atoms with van der Waals surface area (Å²) in [6.45, 7) is 6.43. The molecule has 7 heteroatoms. The highest BCUT2D eigenvalue weighted by molar-refractivity contribution is 7.33. The van der Waals surface area contributed by atoms with Gasteiger partial charge < -0.3 is 40.5 Å². The molecule has 0 amide bonds. The minimum atomic E-state index is -3.37. The van der Waals surface area contributed by atoms with Crippen molar-refractivity contribution in [1.82, 2.24) is 0 Å². The van der Waals surface area contributed by atoms with Gasteiger partial charge in [0.2, 0.25) is 0 Å². The van der Waals surface area contributed by atoms with Crippen LogP contribution in [0.2, 0.25) is 0 Å². The third-order valence-corrected chi connectivity index (χ3v) is 4.50. The largest absolute Gasteiger partial charge is 0.854 e. The molecule has 0 heterocycles. The lowest BCUT2D eigenvalue weighted by Gasteiger charge is -2.39. The molecule has 0 saturated carbocycles. The Kier molecular flexibility index (Phi) is 16.3. The average molecular weight is 446 g/mol. The number of aryl methyl sites for hydroxylation is 3. The van der Waals surface area contributed by atoms with E-state index in [-0.39, 0.29) is 0 Å². The summed E-state index contributed by atoms with van der Waals surface area (Å²) < 4.78 is 0. The molecule has 170 valence electrons. The highest BCUT2D eigenvalue weighted by atomic mass is 31.2. The summed E-state index contributed by atoms with van der Waals surface area (Å²) >= 11 is 0. The van der Waals surface area contributed by atoms with E-state index >= 15 is 0 Å². The maximum atomic E-state index is 8.48. The van der Waals surface area contributed by atoms with Crippen molar-refractivity contribution in [3.8, 4) is 0 Å². The number of hydrogen-bond donors (Lipinski definition) is 3. The predicted molar refractivity (Wildman–Crippen MR) is 122 cm³/mol. The third kappa shape index (κ3) is 13.7. The van der Waals surface area contributed by atoms with Crippen molar-refractivity contribution in [1.29, 1.82) is 0 Å². The molecule has 31 heavy (non-hydrogen) atoms. The molecule has 0 spiro atoms. The SMILES string of the molecule is CCc1ccccc1[NH3+].CCc1ccccc1[NH3+].CCc1ccccc1[NH3+].[O-]P([O-])[O-]. The van der Waals surface area contributed by atoms with Crippen LogP contribution in [0.1, 0.15) is 37.5 Å². The maximum Gasteiger partial charge on any atom is 0.131 e. The van der Waals surface area contributed by atoms with E-state index < -0.39 is 8.60 Å². The van der Waals surface area contributed by atoms with E-state index in [4.69, 9.17) is 14.7 Å². The zero-order chi connectivity index (χ0) is 23.6. The van der Waals surface area contributed by atoms with Crippen molar-refractivity contribution in [3.63, 3.8) is 0 Å². The molecule has 0 aliphatic heterocycles. The van der Waals surface area contributed by atoms with Gasteiger partial charge in [-0.25, -0.2) is 0 Å². The van der Waals surface area contributed by atoms with E-state index in [1.54, 1.807) is 0 Å². The van der Waals surface area contributed by atoms with Gasteiger partial charge in [0.05, 0.1) is 0 Å². The molecule has 3 aromatic carbocycles. The second-order valence-corrected chi connectivity index (χ2v) is 7.04. The van der Waals surface area contributed by atoms with Crippen LogP contribution in [0.5, 0.6) is 0 Å². The molecular weight excluding hydrogens is 409 g/mol. The van der Waals surface area contributed by atoms with Crippen LogP contribution in [-0.4, -0.2) is 0 Å². The highest BCUT2D eigenvalue weighted by Gasteiger charge is 1.95. The van der Waals surface area contributed by atoms with Crippen molar-refractivity contribution >= 4 is 25.7 Å². The van der Waals surface area contributed by atoms with Gasteiger partial charge in [-0.3, -0.25) is 0 Å². The van der Waals surface area contributed by atoms with E-state index in [0.717, 1.165) is 36.3 Å². The maximum absolute atomic E-state index is 8.48. The molecule has 0 atom stereocenters. The third-order valence-electron chi connectivity index (χ3n) is 4.50. The molecule has 0 fully saturated rings. The first-order valence-electron chi connectivity index (χ1n) is 10.3. The molecule has 6 nitrogen and oxygen atoms in total. The fourth-order valence-electron chi connectivity index (χ4n) is 2.71. The van der Waals surface area contributed by atoms with Gasteiger partial charge in [-0.1, -0.05) is 75.4 Å². The van der Waals surface area contributed by atoms with Crippen LogP contribution in [0.25, 0.3) is 0 Å². The zero-order valence-corrected chi connectivity index (χ0v) is 19.7. The van der Waals surface area contributed by atoms with E-state index in [2.05, 4.69) is 56.2 Å². The minimum Gasteiger partial charge on any atom is -0.854 e. The second kappa shape index (κ2) is 17.5. The Balaban J connectivity index is 0.000000402.